The summed E-state index contributed by atoms with van der Waals surface area (Å²) in [4.78, 5) is 14.5. The Hall–Kier alpha value is -2.09. The zero-order chi connectivity index (χ0) is 15.2. The Morgan fingerprint density at radius 1 is 1.00 bits per heavy atom. The fourth-order valence-electron chi connectivity index (χ4n) is 2.41. The van der Waals surface area contributed by atoms with Gasteiger partial charge >= 0.3 is 0 Å². The lowest BCUT2D eigenvalue weighted by atomic mass is 10.1. The van der Waals surface area contributed by atoms with Gasteiger partial charge in [0.1, 0.15) is 0 Å². The van der Waals surface area contributed by atoms with Crippen molar-refractivity contribution in [3.8, 4) is 0 Å². The van der Waals surface area contributed by atoms with Crippen molar-refractivity contribution in [1.82, 2.24) is 0 Å². The summed E-state index contributed by atoms with van der Waals surface area (Å²) < 4.78 is 0. The topological polar surface area (TPSA) is 20.3 Å². The third-order valence-electron chi connectivity index (χ3n) is 3.73. The Balaban J connectivity index is 2.00. The van der Waals surface area contributed by atoms with Crippen molar-refractivity contribution in [3.05, 3.63) is 65.2 Å². The van der Waals surface area contributed by atoms with Crippen LogP contribution in [0.2, 0.25) is 0 Å². The average molecular weight is 281 g/mol. The highest BCUT2D eigenvalue weighted by atomic mass is 16.1. The summed E-state index contributed by atoms with van der Waals surface area (Å²) in [7, 11) is 0. The Bertz CT molecular complexity index is 601. The molecule has 0 bridgehead atoms. The summed E-state index contributed by atoms with van der Waals surface area (Å²) in [5.74, 6) is 0.209. The summed E-state index contributed by atoms with van der Waals surface area (Å²) in [6.45, 7) is 7.91. The molecule has 0 aliphatic rings. The fourth-order valence-corrected chi connectivity index (χ4v) is 2.41. The van der Waals surface area contributed by atoms with Crippen LogP contribution in [0.5, 0.6) is 0 Å². The van der Waals surface area contributed by atoms with Crippen LogP contribution in [0.3, 0.4) is 0 Å². The van der Waals surface area contributed by atoms with Gasteiger partial charge in [0, 0.05) is 30.8 Å². The molecule has 21 heavy (non-hydrogen) atoms. The van der Waals surface area contributed by atoms with E-state index >= 15 is 0 Å². The number of carbonyl (C=O) groups is 1. The van der Waals surface area contributed by atoms with Crippen LogP contribution in [-0.4, -0.2) is 18.9 Å². The number of rotatable bonds is 6. The van der Waals surface area contributed by atoms with Crippen LogP contribution in [0.4, 0.5) is 5.69 Å². The van der Waals surface area contributed by atoms with E-state index in [9.17, 15) is 4.79 Å². The first kappa shape index (κ1) is 15.3. The Morgan fingerprint density at radius 2 is 1.71 bits per heavy atom. The predicted octanol–water partition coefficient (Wildman–Crippen LogP) is 4.40. The highest BCUT2D eigenvalue weighted by molar-refractivity contribution is 5.96. The van der Waals surface area contributed by atoms with Crippen LogP contribution in [0, 0.1) is 13.8 Å². The first-order valence-electron chi connectivity index (χ1n) is 7.51. The molecule has 0 aliphatic carbocycles. The van der Waals surface area contributed by atoms with Crippen LogP contribution in [0.1, 0.15) is 34.8 Å². The number of carbonyl (C=O) groups excluding carboxylic acids is 1. The van der Waals surface area contributed by atoms with E-state index in [0.29, 0.717) is 6.42 Å². The van der Waals surface area contributed by atoms with E-state index in [1.807, 2.05) is 31.2 Å². The lowest BCUT2D eigenvalue weighted by Gasteiger charge is -2.23. The number of anilines is 1. The molecule has 0 spiro atoms. The second kappa shape index (κ2) is 7.07. The molecule has 2 heteroatoms. The Labute approximate surface area is 127 Å². The molecule has 2 nitrogen and oxygen atoms in total. The van der Waals surface area contributed by atoms with Gasteiger partial charge in [-0.1, -0.05) is 42.0 Å². The van der Waals surface area contributed by atoms with Crippen molar-refractivity contribution in [2.45, 2.75) is 27.2 Å². The molecule has 0 fully saturated rings. The van der Waals surface area contributed by atoms with Crippen molar-refractivity contribution in [2.24, 2.45) is 0 Å². The van der Waals surface area contributed by atoms with E-state index in [1.165, 1.54) is 16.8 Å². The normalized spacial score (nSPS) is 10.4. The second-order valence-electron chi connectivity index (χ2n) is 5.46. The SMILES string of the molecule is CCN(CCC(=O)c1ccc(C)cc1)c1cccc(C)c1. The van der Waals surface area contributed by atoms with Crippen molar-refractivity contribution < 1.29 is 4.79 Å². The quantitative estimate of drug-likeness (QED) is 0.731. The van der Waals surface area contributed by atoms with Gasteiger partial charge in [0.25, 0.3) is 0 Å². The third-order valence-corrected chi connectivity index (χ3v) is 3.73. The number of hydrogen-bond donors (Lipinski definition) is 0. The molecule has 0 aliphatic heterocycles. The van der Waals surface area contributed by atoms with Crippen molar-refractivity contribution in [1.29, 1.82) is 0 Å². The van der Waals surface area contributed by atoms with Gasteiger partial charge in [-0.05, 0) is 38.5 Å². The Morgan fingerprint density at radius 3 is 2.33 bits per heavy atom. The number of nitrogens with zero attached hydrogens (tertiary/aromatic N) is 1. The highest BCUT2D eigenvalue weighted by Crippen LogP contribution is 2.16. The number of hydrogen-bond acceptors (Lipinski definition) is 2. The molecule has 110 valence electrons. The van der Waals surface area contributed by atoms with Crippen LogP contribution in [0.25, 0.3) is 0 Å². The summed E-state index contributed by atoms with van der Waals surface area (Å²) in [6.07, 6.45) is 0.546. The molecule has 0 atom stereocenters. The maximum absolute atomic E-state index is 12.2. The number of ketones is 1. The van der Waals surface area contributed by atoms with Gasteiger partial charge in [-0.2, -0.15) is 0 Å². The largest absolute Gasteiger partial charge is 0.371 e. The van der Waals surface area contributed by atoms with Gasteiger partial charge < -0.3 is 4.90 Å². The van der Waals surface area contributed by atoms with Gasteiger partial charge in [0.15, 0.2) is 5.78 Å². The molecule has 0 radical (unpaired) electrons. The maximum atomic E-state index is 12.2. The van der Waals surface area contributed by atoms with E-state index in [4.69, 9.17) is 0 Å². The van der Waals surface area contributed by atoms with Crippen LogP contribution < -0.4 is 4.90 Å². The first-order chi connectivity index (χ1) is 10.1. The molecule has 0 heterocycles. The third kappa shape index (κ3) is 4.19. The average Bonchev–Trinajstić information content (AvgIpc) is 2.48. The van der Waals surface area contributed by atoms with Gasteiger partial charge in [0.05, 0.1) is 0 Å². The summed E-state index contributed by atoms with van der Waals surface area (Å²) in [6, 6.07) is 16.2. The molecule has 0 saturated carbocycles. The predicted molar refractivity (Wildman–Crippen MR) is 89.2 cm³/mol. The zero-order valence-electron chi connectivity index (χ0n) is 13.1. The second-order valence-corrected chi connectivity index (χ2v) is 5.46. The molecule has 0 unspecified atom stereocenters. The highest BCUT2D eigenvalue weighted by Gasteiger charge is 2.09. The maximum Gasteiger partial charge on any atom is 0.164 e. The molecule has 0 N–H and O–H groups in total. The summed E-state index contributed by atoms with van der Waals surface area (Å²) in [5, 5.41) is 0. The van der Waals surface area contributed by atoms with Crippen LogP contribution in [-0.2, 0) is 0 Å². The molecule has 0 saturated heterocycles. The van der Waals surface area contributed by atoms with E-state index in [0.717, 1.165) is 18.7 Å². The monoisotopic (exact) mass is 281 g/mol. The lowest BCUT2D eigenvalue weighted by Crippen LogP contribution is -2.25. The van der Waals surface area contributed by atoms with Crippen molar-refractivity contribution in [3.63, 3.8) is 0 Å². The fraction of sp³-hybridized carbons (Fsp3) is 0.316. The molecule has 2 aromatic carbocycles. The van der Waals surface area contributed by atoms with Crippen molar-refractivity contribution in [2.75, 3.05) is 18.0 Å². The zero-order valence-corrected chi connectivity index (χ0v) is 13.1. The number of Topliss-reactive ketones (excluding diaryl/α,β-unsaturated/α-hetero) is 1. The van der Waals surface area contributed by atoms with E-state index in [1.54, 1.807) is 0 Å². The molecule has 2 rings (SSSR count). The standard InChI is InChI=1S/C19H23NO/c1-4-20(18-7-5-6-16(3)14-18)13-12-19(21)17-10-8-15(2)9-11-17/h5-11,14H,4,12-13H2,1-3H3. The smallest absolute Gasteiger partial charge is 0.164 e. The number of aryl methyl sites for hydroxylation is 2. The first-order valence-corrected chi connectivity index (χ1v) is 7.51. The van der Waals surface area contributed by atoms with Crippen molar-refractivity contribution >= 4 is 11.5 Å². The van der Waals surface area contributed by atoms with Gasteiger partial charge in [0.2, 0.25) is 0 Å². The molecular weight excluding hydrogens is 258 g/mol. The van der Waals surface area contributed by atoms with E-state index in [-0.39, 0.29) is 5.78 Å². The van der Waals surface area contributed by atoms with E-state index < -0.39 is 0 Å². The van der Waals surface area contributed by atoms with Gasteiger partial charge in [-0.3, -0.25) is 4.79 Å². The molecule has 0 amide bonds. The van der Waals surface area contributed by atoms with Crippen LogP contribution >= 0.6 is 0 Å². The minimum atomic E-state index is 0.209. The molecular formula is C19H23NO. The summed E-state index contributed by atoms with van der Waals surface area (Å²) >= 11 is 0. The molecule has 2 aromatic rings. The summed E-state index contributed by atoms with van der Waals surface area (Å²) in [5.41, 5.74) is 4.42. The molecule has 0 aromatic heterocycles. The lowest BCUT2D eigenvalue weighted by molar-refractivity contribution is 0.0984. The van der Waals surface area contributed by atoms with Gasteiger partial charge in [-0.25, -0.2) is 0 Å². The number of benzene rings is 2. The van der Waals surface area contributed by atoms with Gasteiger partial charge in [-0.15, -0.1) is 0 Å². The van der Waals surface area contributed by atoms with Crippen LogP contribution in [0.15, 0.2) is 48.5 Å². The minimum absolute atomic E-state index is 0.209. The van der Waals surface area contributed by atoms with E-state index in [2.05, 4.69) is 43.0 Å². The Kier molecular flexibility index (Phi) is 5.15. The minimum Gasteiger partial charge on any atom is -0.371 e.